The highest BCUT2D eigenvalue weighted by molar-refractivity contribution is 5.47. The van der Waals surface area contributed by atoms with Gasteiger partial charge in [0.15, 0.2) is 0 Å². The van der Waals surface area contributed by atoms with E-state index in [9.17, 15) is 0 Å². The number of anilines is 1. The van der Waals surface area contributed by atoms with Crippen molar-refractivity contribution in [3.05, 3.63) is 42.0 Å². The van der Waals surface area contributed by atoms with Gasteiger partial charge < -0.3 is 19.7 Å². The summed E-state index contributed by atoms with van der Waals surface area (Å²) in [6.45, 7) is 12.5. The normalized spacial score (nSPS) is 15.2. The van der Waals surface area contributed by atoms with Crippen molar-refractivity contribution in [2.75, 3.05) is 51.0 Å². The van der Waals surface area contributed by atoms with Crippen LogP contribution in [0, 0.1) is 0 Å². The predicted octanol–water partition coefficient (Wildman–Crippen LogP) is 2.21. The third-order valence-electron chi connectivity index (χ3n) is 3.41. The van der Waals surface area contributed by atoms with Gasteiger partial charge >= 0.3 is 0 Å². The Morgan fingerprint density at radius 3 is 2.67 bits per heavy atom. The maximum atomic E-state index is 5.45. The molecule has 2 rings (SSSR count). The minimum Gasteiger partial charge on any atom is -0.378 e. The molecule has 0 amide bonds. The second-order valence-corrected chi connectivity index (χ2v) is 5.45. The van der Waals surface area contributed by atoms with Gasteiger partial charge in [-0.25, -0.2) is 0 Å². The van der Waals surface area contributed by atoms with Gasteiger partial charge in [-0.3, -0.25) is 0 Å². The average Bonchev–Trinajstić information content (AvgIpc) is 2.52. The van der Waals surface area contributed by atoms with Crippen LogP contribution in [0.3, 0.4) is 0 Å². The smallest absolute Gasteiger partial charge is 0.0672 e. The molecule has 0 bridgehead atoms. The van der Waals surface area contributed by atoms with Gasteiger partial charge in [0.2, 0.25) is 0 Å². The molecule has 116 valence electrons. The van der Waals surface area contributed by atoms with Gasteiger partial charge in [0, 0.05) is 31.9 Å². The van der Waals surface area contributed by atoms with E-state index in [-0.39, 0.29) is 0 Å². The van der Waals surface area contributed by atoms with Crippen LogP contribution in [-0.2, 0) is 16.0 Å². The van der Waals surface area contributed by atoms with Gasteiger partial charge in [-0.05, 0) is 24.6 Å². The molecule has 0 unspecified atom stereocenters. The number of benzene rings is 1. The highest BCUT2D eigenvalue weighted by Gasteiger charge is 2.10. The van der Waals surface area contributed by atoms with Crippen LogP contribution in [0.1, 0.15) is 12.5 Å². The van der Waals surface area contributed by atoms with E-state index in [1.165, 1.54) is 11.3 Å². The van der Waals surface area contributed by atoms with E-state index < -0.39 is 0 Å². The standard InChI is InChI=1S/C17H26N2O2/c1-15(2)14-21-10-7-18-13-16-3-5-17(6-4-16)19-8-11-20-12-9-19/h3-6,18H,1,7-14H2,2H3. The molecule has 1 N–H and O–H groups in total. The molecule has 4 nitrogen and oxygen atoms in total. The molecule has 1 aliphatic heterocycles. The van der Waals surface area contributed by atoms with Crippen LogP contribution < -0.4 is 10.2 Å². The van der Waals surface area contributed by atoms with Crippen molar-refractivity contribution in [1.29, 1.82) is 0 Å². The van der Waals surface area contributed by atoms with Crippen LogP contribution in [0.25, 0.3) is 0 Å². The van der Waals surface area contributed by atoms with Crippen molar-refractivity contribution in [2.24, 2.45) is 0 Å². The number of morpholine rings is 1. The van der Waals surface area contributed by atoms with E-state index in [0.717, 1.165) is 51.6 Å². The van der Waals surface area contributed by atoms with Gasteiger partial charge in [-0.2, -0.15) is 0 Å². The lowest BCUT2D eigenvalue weighted by Gasteiger charge is -2.28. The fourth-order valence-corrected chi connectivity index (χ4v) is 2.27. The third-order valence-corrected chi connectivity index (χ3v) is 3.41. The molecule has 0 atom stereocenters. The molecule has 0 radical (unpaired) electrons. The first-order chi connectivity index (χ1) is 10.3. The minimum atomic E-state index is 0.649. The van der Waals surface area contributed by atoms with Crippen LogP contribution in [0.15, 0.2) is 36.4 Å². The summed E-state index contributed by atoms with van der Waals surface area (Å²) in [5.74, 6) is 0. The quantitative estimate of drug-likeness (QED) is 0.588. The highest BCUT2D eigenvalue weighted by atomic mass is 16.5. The van der Waals surface area contributed by atoms with Crippen molar-refractivity contribution < 1.29 is 9.47 Å². The van der Waals surface area contributed by atoms with Crippen LogP contribution in [0.4, 0.5) is 5.69 Å². The molecule has 0 saturated carbocycles. The zero-order valence-electron chi connectivity index (χ0n) is 12.9. The Morgan fingerprint density at radius 2 is 2.00 bits per heavy atom. The number of nitrogens with zero attached hydrogens (tertiary/aromatic N) is 1. The van der Waals surface area contributed by atoms with E-state index in [0.29, 0.717) is 6.61 Å². The van der Waals surface area contributed by atoms with Gasteiger partial charge in [0.05, 0.1) is 26.4 Å². The molecular formula is C17H26N2O2. The maximum Gasteiger partial charge on any atom is 0.0672 e. The molecule has 0 spiro atoms. The van der Waals surface area contributed by atoms with E-state index >= 15 is 0 Å². The second kappa shape index (κ2) is 8.82. The first-order valence-corrected chi connectivity index (χ1v) is 7.60. The van der Waals surface area contributed by atoms with Crippen LogP contribution in [0.2, 0.25) is 0 Å². The van der Waals surface area contributed by atoms with Crippen molar-refractivity contribution in [2.45, 2.75) is 13.5 Å². The Bertz CT molecular complexity index is 425. The zero-order valence-corrected chi connectivity index (χ0v) is 12.9. The Kier molecular flexibility index (Phi) is 6.73. The number of ether oxygens (including phenoxy) is 2. The number of hydrogen-bond acceptors (Lipinski definition) is 4. The Labute approximate surface area is 127 Å². The summed E-state index contributed by atoms with van der Waals surface area (Å²) in [7, 11) is 0. The monoisotopic (exact) mass is 290 g/mol. The molecule has 1 heterocycles. The van der Waals surface area contributed by atoms with Gasteiger partial charge in [0.1, 0.15) is 0 Å². The molecule has 1 aromatic rings. The summed E-state index contributed by atoms with van der Waals surface area (Å²) in [6.07, 6.45) is 0. The summed E-state index contributed by atoms with van der Waals surface area (Å²) in [5, 5.41) is 3.39. The molecule has 0 aromatic heterocycles. The van der Waals surface area contributed by atoms with E-state index in [2.05, 4.69) is 41.1 Å². The number of hydrogen-bond donors (Lipinski definition) is 1. The maximum absolute atomic E-state index is 5.45. The molecule has 0 aliphatic carbocycles. The second-order valence-electron chi connectivity index (χ2n) is 5.45. The Morgan fingerprint density at radius 1 is 1.29 bits per heavy atom. The molecule has 1 aromatic carbocycles. The molecule has 21 heavy (non-hydrogen) atoms. The van der Waals surface area contributed by atoms with Gasteiger partial charge in [-0.15, -0.1) is 0 Å². The highest BCUT2D eigenvalue weighted by Crippen LogP contribution is 2.16. The molecule has 4 heteroatoms. The summed E-state index contributed by atoms with van der Waals surface area (Å²) in [4.78, 5) is 2.37. The summed E-state index contributed by atoms with van der Waals surface area (Å²) in [6, 6.07) is 8.76. The number of rotatable bonds is 8. The van der Waals surface area contributed by atoms with Crippen LogP contribution in [-0.4, -0.2) is 46.1 Å². The Balaban J connectivity index is 1.66. The largest absolute Gasteiger partial charge is 0.378 e. The van der Waals surface area contributed by atoms with E-state index in [1.54, 1.807) is 0 Å². The third kappa shape index (κ3) is 5.87. The molecule has 1 saturated heterocycles. The topological polar surface area (TPSA) is 33.7 Å². The molecule has 1 aliphatic rings. The molecular weight excluding hydrogens is 264 g/mol. The lowest BCUT2D eigenvalue weighted by atomic mass is 10.2. The fraction of sp³-hybridized carbons (Fsp3) is 0.529. The number of nitrogens with one attached hydrogen (secondary N) is 1. The first kappa shape index (κ1) is 16.0. The summed E-state index contributed by atoms with van der Waals surface area (Å²) < 4.78 is 10.8. The van der Waals surface area contributed by atoms with E-state index in [1.807, 2.05) is 6.92 Å². The predicted molar refractivity (Wildman–Crippen MR) is 86.8 cm³/mol. The SMILES string of the molecule is C=C(C)COCCNCc1ccc(N2CCOCC2)cc1. The zero-order chi connectivity index (χ0) is 14.9. The van der Waals surface area contributed by atoms with Gasteiger partial charge in [-0.1, -0.05) is 24.3 Å². The summed E-state index contributed by atoms with van der Waals surface area (Å²) >= 11 is 0. The lowest BCUT2D eigenvalue weighted by Crippen LogP contribution is -2.36. The summed E-state index contributed by atoms with van der Waals surface area (Å²) in [5.41, 5.74) is 3.65. The fourth-order valence-electron chi connectivity index (χ4n) is 2.27. The first-order valence-electron chi connectivity index (χ1n) is 7.60. The van der Waals surface area contributed by atoms with Crippen molar-refractivity contribution in [1.82, 2.24) is 5.32 Å². The molecule has 1 fully saturated rings. The average molecular weight is 290 g/mol. The van der Waals surface area contributed by atoms with Crippen LogP contribution >= 0.6 is 0 Å². The van der Waals surface area contributed by atoms with E-state index in [4.69, 9.17) is 9.47 Å². The van der Waals surface area contributed by atoms with Gasteiger partial charge in [0.25, 0.3) is 0 Å². The van der Waals surface area contributed by atoms with Crippen molar-refractivity contribution >= 4 is 5.69 Å². The minimum absolute atomic E-state index is 0.649. The van der Waals surface area contributed by atoms with Crippen LogP contribution in [0.5, 0.6) is 0 Å². The van der Waals surface area contributed by atoms with Crippen molar-refractivity contribution in [3.63, 3.8) is 0 Å². The lowest BCUT2D eigenvalue weighted by molar-refractivity contribution is 0.122. The van der Waals surface area contributed by atoms with Crippen molar-refractivity contribution in [3.8, 4) is 0 Å². The Hall–Kier alpha value is -1.36.